The highest BCUT2D eigenvalue weighted by Gasteiger charge is 2.16. The molecule has 1 aliphatic rings. The average molecular weight is 301 g/mol. The van der Waals surface area contributed by atoms with E-state index in [1.54, 1.807) is 24.3 Å². The lowest BCUT2D eigenvalue weighted by molar-refractivity contribution is -0.115. The minimum Gasteiger partial charge on any atom is -0.324 e. The van der Waals surface area contributed by atoms with Gasteiger partial charge in [0.05, 0.1) is 22.2 Å². The number of benzene rings is 1. The average Bonchev–Trinajstić information content (AvgIpc) is 2.76. The lowest BCUT2D eigenvalue weighted by atomic mass is 10.3. The van der Waals surface area contributed by atoms with Crippen molar-refractivity contribution in [3.63, 3.8) is 0 Å². The molecule has 1 aliphatic heterocycles. The number of rotatable bonds is 3. The molecule has 0 spiro atoms. The van der Waals surface area contributed by atoms with Gasteiger partial charge in [-0.3, -0.25) is 9.59 Å². The molecule has 0 unspecified atom stereocenters. The molecule has 0 aliphatic carbocycles. The van der Waals surface area contributed by atoms with Crippen LogP contribution >= 0.6 is 35.1 Å². The van der Waals surface area contributed by atoms with Crippen molar-refractivity contribution < 1.29 is 9.59 Å². The van der Waals surface area contributed by atoms with Crippen molar-refractivity contribution in [2.75, 3.05) is 16.8 Å². The van der Waals surface area contributed by atoms with Crippen LogP contribution in [0.4, 0.5) is 5.69 Å². The molecule has 4 nitrogen and oxygen atoms in total. The number of carbonyl (C=O) groups excluding carboxylic acids is 2. The summed E-state index contributed by atoms with van der Waals surface area (Å²) in [6, 6.07) is 7.03. The predicted molar refractivity (Wildman–Crippen MR) is 77.4 cm³/mol. The molecule has 0 saturated carbocycles. The number of nitrogens with zero attached hydrogens (tertiary/aromatic N) is 1. The Morgan fingerprint density at radius 3 is 2.94 bits per heavy atom. The van der Waals surface area contributed by atoms with E-state index in [0.29, 0.717) is 20.8 Å². The SMILES string of the molecule is O=C1CSC(SCC(=O)Nc2ccccc2Cl)=N1. The van der Waals surface area contributed by atoms with Gasteiger partial charge in [-0.05, 0) is 12.1 Å². The number of thioether (sulfide) groups is 2. The molecule has 94 valence electrons. The van der Waals surface area contributed by atoms with Crippen LogP contribution in [-0.2, 0) is 9.59 Å². The van der Waals surface area contributed by atoms with Crippen molar-refractivity contribution in [3.8, 4) is 0 Å². The highest BCUT2D eigenvalue weighted by molar-refractivity contribution is 8.39. The number of para-hydroxylation sites is 1. The van der Waals surface area contributed by atoms with Crippen molar-refractivity contribution in [1.29, 1.82) is 0 Å². The largest absolute Gasteiger partial charge is 0.324 e. The highest BCUT2D eigenvalue weighted by atomic mass is 35.5. The molecule has 0 aromatic heterocycles. The third-order valence-electron chi connectivity index (χ3n) is 2.01. The fourth-order valence-electron chi connectivity index (χ4n) is 1.24. The first kappa shape index (κ1) is 13.5. The second-order valence-corrected chi connectivity index (χ2v) is 5.97. The van der Waals surface area contributed by atoms with Crippen LogP contribution < -0.4 is 5.32 Å². The molecule has 1 heterocycles. The van der Waals surface area contributed by atoms with Gasteiger partial charge >= 0.3 is 0 Å². The number of hydrogen-bond donors (Lipinski definition) is 1. The zero-order valence-corrected chi connectivity index (χ0v) is 11.6. The molecule has 0 bridgehead atoms. The molecule has 0 atom stereocenters. The van der Waals surface area contributed by atoms with E-state index in [1.807, 2.05) is 0 Å². The third kappa shape index (κ3) is 3.76. The fraction of sp³-hybridized carbons (Fsp3) is 0.182. The van der Waals surface area contributed by atoms with Gasteiger partial charge in [-0.15, -0.1) is 0 Å². The molecule has 1 aromatic carbocycles. The van der Waals surface area contributed by atoms with Crippen molar-refractivity contribution in [1.82, 2.24) is 0 Å². The van der Waals surface area contributed by atoms with Crippen LogP contribution in [0.1, 0.15) is 0 Å². The normalized spacial score (nSPS) is 14.5. The molecule has 1 N–H and O–H groups in total. The monoisotopic (exact) mass is 300 g/mol. The van der Waals surface area contributed by atoms with Gasteiger partial charge in [0, 0.05) is 0 Å². The van der Waals surface area contributed by atoms with Crippen LogP contribution in [0.2, 0.25) is 5.02 Å². The molecular weight excluding hydrogens is 292 g/mol. The first-order valence-electron chi connectivity index (χ1n) is 5.06. The molecule has 0 fully saturated rings. The summed E-state index contributed by atoms with van der Waals surface area (Å²) in [5.41, 5.74) is 0.585. The van der Waals surface area contributed by atoms with E-state index in [2.05, 4.69) is 10.3 Å². The summed E-state index contributed by atoms with van der Waals surface area (Å²) in [6.45, 7) is 0. The minimum atomic E-state index is -0.171. The standard InChI is InChI=1S/C11H9ClN2O2S2/c12-7-3-1-2-4-8(7)13-9(15)5-17-11-14-10(16)6-18-11/h1-4H,5-6H2,(H,13,15). The maximum Gasteiger partial charge on any atom is 0.257 e. The van der Waals surface area contributed by atoms with Crippen molar-refractivity contribution in [2.24, 2.45) is 4.99 Å². The van der Waals surface area contributed by atoms with Gasteiger partial charge in [-0.25, -0.2) is 0 Å². The number of halogens is 1. The van der Waals surface area contributed by atoms with E-state index >= 15 is 0 Å². The molecule has 1 aromatic rings. The molecule has 18 heavy (non-hydrogen) atoms. The Balaban J connectivity index is 1.84. The Hall–Kier alpha value is -0.980. The Kier molecular flexibility index (Phi) is 4.68. The Labute approximate surface area is 118 Å². The summed E-state index contributed by atoms with van der Waals surface area (Å²) in [5.74, 6) is 0.267. The summed E-state index contributed by atoms with van der Waals surface area (Å²) in [4.78, 5) is 26.3. The summed E-state index contributed by atoms with van der Waals surface area (Å²) < 4.78 is 0.648. The number of nitrogens with one attached hydrogen (secondary N) is 1. The quantitative estimate of drug-likeness (QED) is 0.932. The minimum absolute atomic E-state index is 0.144. The van der Waals surface area contributed by atoms with Crippen molar-refractivity contribution in [2.45, 2.75) is 0 Å². The van der Waals surface area contributed by atoms with Crippen LogP contribution in [0.25, 0.3) is 0 Å². The molecule has 2 amide bonds. The van der Waals surface area contributed by atoms with Crippen molar-refractivity contribution >= 4 is 57.0 Å². The van der Waals surface area contributed by atoms with Gasteiger partial charge in [0.25, 0.3) is 5.91 Å². The Morgan fingerprint density at radius 2 is 2.28 bits per heavy atom. The number of anilines is 1. The predicted octanol–water partition coefficient (Wildman–Crippen LogP) is 2.64. The van der Waals surface area contributed by atoms with Gasteiger partial charge in [0.15, 0.2) is 0 Å². The van der Waals surface area contributed by atoms with E-state index in [9.17, 15) is 9.59 Å². The highest BCUT2D eigenvalue weighted by Crippen LogP contribution is 2.24. The molecule has 2 rings (SSSR count). The summed E-state index contributed by atoms with van der Waals surface area (Å²) >= 11 is 8.54. The number of hydrogen-bond acceptors (Lipinski definition) is 4. The van der Waals surface area contributed by atoms with E-state index in [0.717, 1.165) is 0 Å². The van der Waals surface area contributed by atoms with E-state index in [4.69, 9.17) is 11.6 Å². The summed E-state index contributed by atoms with van der Waals surface area (Å²) in [5, 5.41) is 3.20. The van der Waals surface area contributed by atoms with Crippen LogP contribution in [0.5, 0.6) is 0 Å². The second kappa shape index (κ2) is 6.26. The van der Waals surface area contributed by atoms with E-state index < -0.39 is 0 Å². The number of amides is 2. The Morgan fingerprint density at radius 1 is 1.50 bits per heavy atom. The van der Waals surface area contributed by atoms with Gasteiger partial charge in [-0.1, -0.05) is 47.3 Å². The van der Waals surface area contributed by atoms with Crippen LogP contribution in [0.15, 0.2) is 29.3 Å². The molecular formula is C11H9ClN2O2S2. The summed E-state index contributed by atoms with van der Waals surface area (Å²) in [6.07, 6.45) is 0. The smallest absolute Gasteiger partial charge is 0.257 e. The van der Waals surface area contributed by atoms with Gasteiger partial charge < -0.3 is 5.32 Å². The zero-order valence-electron chi connectivity index (χ0n) is 9.18. The summed E-state index contributed by atoms with van der Waals surface area (Å²) in [7, 11) is 0. The topological polar surface area (TPSA) is 58.5 Å². The first-order valence-corrected chi connectivity index (χ1v) is 7.41. The van der Waals surface area contributed by atoms with Gasteiger partial charge in [0.2, 0.25) is 5.91 Å². The first-order chi connectivity index (χ1) is 8.65. The molecule has 7 heteroatoms. The maximum absolute atomic E-state index is 11.7. The fourth-order valence-corrected chi connectivity index (χ4v) is 3.08. The van der Waals surface area contributed by atoms with Gasteiger partial charge in [0.1, 0.15) is 4.38 Å². The van der Waals surface area contributed by atoms with Crippen molar-refractivity contribution in [3.05, 3.63) is 29.3 Å². The zero-order chi connectivity index (χ0) is 13.0. The second-order valence-electron chi connectivity index (χ2n) is 3.38. The lowest BCUT2D eigenvalue weighted by Crippen LogP contribution is -2.14. The van der Waals surface area contributed by atoms with Gasteiger partial charge in [-0.2, -0.15) is 4.99 Å². The molecule has 0 saturated heterocycles. The number of carbonyl (C=O) groups is 2. The maximum atomic E-state index is 11.7. The Bertz CT molecular complexity index is 520. The van der Waals surface area contributed by atoms with Crippen LogP contribution in [0, 0.1) is 0 Å². The van der Waals surface area contributed by atoms with E-state index in [-0.39, 0.29) is 17.6 Å². The molecule has 0 radical (unpaired) electrons. The van der Waals surface area contributed by atoms with Crippen LogP contribution in [-0.4, -0.2) is 27.7 Å². The number of aliphatic imine (C=N–C) groups is 1. The van der Waals surface area contributed by atoms with Crippen LogP contribution in [0.3, 0.4) is 0 Å². The third-order valence-corrected chi connectivity index (χ3v) is 4.52. The van der Waals surface area contributed by atoms with E-state index in [1.165, 1.54) is 23.5 Å². The lowest BCUT2D eigenvalue weighted by Gasteiger charge is -2.06.